The van der Waals surface area contributed by atoms with Gasteiger partial charge in [-0.1, -0.05) is 12.1 Å². The van der Waals surface area contributed by atoms with Gasteiger partial charge in [-0.25, -0.2) is 4.39 Å². The topological polar surface area (TPSA) is 38.3 Å². The standard InChI is InChI=1S/C13H18FNO2/c1-9(2)15-12(16)7-8-17-11-6-4-5-10(3)13(11)14/h4-6,9H,7-8H2,1-3H3,(H,15,16). The van der Waals surface area contributed by atoms with Crippen LogP contribution in [-0.4, -0.2) is 18.6 Å². The first-order valence-electron chi connectivity index (χ1n) is 5.68. The molecule has 1 amide bonds. The second kappa shape index (κ2) is 6.23. The van der Waals surface area contributed by atoms with Crippen LogP contribution in [0.15, 0.2) is 18.2 Å². The molecule has 0 spiro atoms. The van der Waals surface area contributed by atoms with Gasteiger partial charge in [0.05, 0.1) is 13.0 Å². The van der Waals surface area contributed by atoms with Crippen molar-refractivity contribution in [1.82, 2.24) is 5.32 Å². The Morgan fingerprint density at radius 3 is 2.82 bits per heavy atom. The van der Waals surface area contributed by atoms with E-state index in [0.29, 0.717) is 5.56 Å². The number of amides is 1. The van der Waals surface area contributed by atoms with E-state index in [9.17, 15) is 9.18 Å². The molecule has 0 unspecified atom stereocenters. The minimum absolute atomic E-state index is 0.0898. The Morgan fingerprint density at radius 1 is 1.47 bits per heavy atom. The van der Waals surface area contributed by atoms with Gasteiger partial charge in [0, 0.05) is 6.04 Å². The third-order valence-corrected chi connectivity index (χ3v) is 2.19. The molecule has 0 aliphatic rings. The van der Waals surface area contributed by atoms with Crippen LogP contribution in [0.25, 0.3) is 0 Å². The molecule has 3 nitrogen and oxygen atoms in total. The number of hydrogen-bond donors (Lipinski definition) is 1. The average molecular weight is 239 g/mol. The lowest BCUT2D eigenvalue weighted by atomic mass is 10.2. The maximum Gasteiger partial charge on any atom is 0.223 e. The van der Waals surface area contributed by atoms with Gasteiger partial charge in [0.25, 0.3) is 0 Å². The van der Waals surface area contributed by atoms with E-state index in [1.54, 1.807) is 25.1 Å². The minimum atomic E-state index is -0.364. The first-order valence-corrected chi connectivity index (χ1v) is 5.68. The number of carbonyl (C=O) groups excluding carboxylic acids is 1. The van der Waals surface area contributed by atoms with Crippen LogP contribution in [0.3, 0.4) is 0 Å². The Morgan fingerprint density at radius 2 is 2.18 bits per heavy atom. The molecular weight excluding hydrogens is 221 g/mol. The van der Waals surface area contributed by atoms with Gasteiger partial charge < -0.3 is 10.1 Å². The molecule has 1 rings (SSSR count). The average Bonchev–Trinajstić information content (AvgIpc) is 2.23. The third-order valence-electron chi connectivity index (χ3n) is 2.19. The van der Waals surface area contributed by atoms with E-state index in [2.05, 4.69) is 5.32 Å². The molecule has 0 radical (unpaired) electrons. The van der Waals surface area contributed by atoms with E-state index in [1.165, 1.54) is 0 Å². The number of nitrogens with one attached hydrogen (secondary N) is 1. The second-order valence-electron chi connectivity index (χ2n) is 4.21. The summed E-state index contributed by atoms with van der Waals surface area (Å²) in [6, 6.07) is 5.07. The monoisotopic (exact) mass is 239 g/mol. The molecule has 0 aliphatic carbocycles. The zero-order valence-electron chi connectivity index (χ0n) is 10.4. The molecule has 1 aromatic carbocycles. The molecular formula is C13H18FNO2. The SMILES string of the molecule is Cc1cccc(OCCC(=O)NC(C)C)c1F. The van der Waals surface area contributed by atoms with E-state index < -0.39 is 0 Å². The van der Waals surface area contributed by atoms with Gasteiger partial charge in [0.2, 0.25) is 5.91 Å². The predicted octanol–water partition coefficient (Wildman–Crippen LogP) is 2.43. The predicted molar refractivity (Wildman–Crippen MR) is 64.5 cm³/mol. The highest BCUT2D eigenvalue weighted by atomic mass is 19.1. The van der Waals surface area contributed by atoms with E-state index in [1.807, 2.05) is 13.8 Å². The normalized spacial score (nSPS) is 10.4. The molecule has 1 N–H and O–H groups in total. The van der Waals surface area contributed by atoms with Crippen LogP contribution in [0, 0.1) is 12.7 Å². The number of rotatable bonds is 5. The van der Waals surface area contributed by atoms with Crippen molar-refractivity contribution in [3.63, 3.8) is 0 Å². The number of carbonyl (C=O) groups is 1. The van der Waals surface area contributed by atoms with E-state index in [-0.39, 0.29) is 36.5 Å². The van der Waals surface area contributed by atoms with E-state index in [4.69, 9.17) is 4.74 Å². The highest BCUT2D eigenvalue weighted by Gasteiger charge is 2.07. The van der Waals surface area contributed by atoms with E-state index in [0.717, 1.165) is 0 Å². The van der Waals surface area contributed by atoms with Crippen molar-refractivity contribution >= 4 is 5.91 Å². The third kappa shape index (κ3) is 4.43. The van der Waals surface area contributed by atoms with Gasteiger partial charge in [-0.15, -0.1) is 0 Å². The molecule has 0 bridgehead atoms. The molecule has 4 heteroatoms. The molecule has 1 aromatic rings. The van der Waals surface area contributed by atoms with Crippen molar-refractivity contribution in [3.8, 4) is 5.75 Å². The van der Waals surface area contributed by atoms with Crippen LogP contribution in [0.4, 0.5) is 4.39 Å². The number of aryl methyl sites for hydroxylation is 1. The highest BCUT2D eigenvalue weighted by Crippen LogP contribution is 2.19. The summed E-state index contributed by atoms with van der Waals surface area (Å²) in [7, 11) is 0. The maximum absolute atomic E-state index is 13.5. The summed E-state index contributed by atoms with van der Waals surface area (Å²) in [6.45, 7) is 5.63. The van der Waals surface area contributed by atoms with Crippen LogP contribution in [0.5, 0.6) is 5.75 Å². The molecule has 0 atom stereocenters. The molecule has 17 heavy (non-hydrogen) atoms. The van der Waals surface area contributed by atoms with Crippen LogP contribution < -0.4 is 10.1 Å². The Balaban J connectivity index is 2.41. The maximum atomic E-state index is 13.5. The first kappa shape index (κ1) is 13.5. The Kier molecular flexibility index (Phi) is 4.94. The molecule has 0 aliphatic heterocycles. The zero-order chi connectivity index (χ0) is 12.8. The Bertz CT molecular complexity index is 391. The molecule has 94 valence electrons. The summed E-state index contributed by atoms with van der Waals surface area (Å²) < 4.78 is 18.7. The summed E-state index contributed by atoms with van der Waals surface area (Å²) in [6.07, 6.45) is 0.228. The molecule has 0 heterocycles. The fourth-order valence-corrected chi connectivity index (χ4v) is 1.38. The van der Waals surface area contributed by atoms with Crippen molar-refractivity contribution in [2.45, 2.75) is 33.2 Å². The van der Waals surface area contributed by atoms with E-state index >= 15 is 0 Å². The van der Waals surface area contributed by atoms with Crippen molar-refractivity contribution < 1.29 is 13.9 Å². The van der Waals surface area contributed by atoms with Crippen molar-refractivity contribution in [1.29, 1.82) is 0 Å². The largest absolute Gasteiger partial charge is 0.490 e. The minimum Gasteiger partial charge on any atom is -0.490 e. The van der Waals surface area contributed by atoms with Gasteiger partial charge in [0.1, 0.15) is 0 Å². The lowest BCUT2D eigenvalue weighted by molar-refractivity contribution is -0.122. The number of ether oxygens (including phenoxy) is 1. The number of halogens is 1. The summed E-state index contributed by atoms with van der Waals surface area (Å²) >= 11 is 0. The molecule has 0 saturated carbocycles. The van der Waals surface area contributed by atoms with Crippen molar-refractivity contribution in [3.05, 3.63) is 29.6 Å². The zero-order valence-corrected chi connectivity index (χ0v) is 10.4. The summed E-state index contributed by atoms with van der Waals surface area (Å²) in [4.78, 5) is 11.3. The first-order chi connectivity index (χ1) is 8.00. The summed E-state index contributed by atoms with van der Waals surface area (Å²) in [5.74, 6) is -0.257. The second-order valence-corrected chi connectivity index (χ2v) is 4.21. The lowest BCUT2D eigenvalue weighted by Crippen LogP contribution is -2.31. The van der Waals surface area contributed by atoms with Crippen molar-refractivity contribution in [2.24, 2.45) is 0 Å². The van der Waals surface area contributed by atoms with Gasteiger partial charge in [0.15, 0.2) is 11.6 Å². The van der Waals surface area contributed by atoms with Crippen LogP contribution in [-0.2, 0) is 4.79 Å². The fourth-order valence-electron chi connectivity index (χ4n) is 1.38. The Hall–Kier alpha value is -1.58. The van der Waals surface area contributed by atoms with Gasteiger partial charge in [-0.05, 0) is 32.4 Å². The molecule has 0 aromatic heterocycles. The van der Waals surface area contributed by atoms with Crippen molar-refractivity contribution in [2.75, 3.05) is 6.61 Å². The van der Waals surface area contributed by atoms with Gasteiger partial charge in [-0.2, -0.15) is 0 Å². The molecule has 0 saturated heterocycles. The van der Waals surface area contributed by atoms with Crippen LogP contribution >= 0.6 is 0 Å². The smallest absolute Gasteiger partial charge is 0.223 e. The Labute approximate surface area is 101 Å². The van der Waals surface area contributed by atoms with Gasteiger partial charge in [-0.3, -0.25) is 4.79 Å². The van der Waals surface area contributed by atoms with Crippen LogP contribution in [0.2, 0.25) is 0 Å². The summed E-state index contributed by atoms with van der Waals surface area (Å²) in [5.41, 5.74) is 0.536. The lowest BCUT2D eigenvalue weighted by Gasteiger charge is -2.10. The number of hydrogen-bond acceptors (Lipinski definition) is 2. The highest BCUT2D eigenvalue weighted by molar-refractivity contribution is 5.76. The van der Waals surface area contributed by atoms with Crippen LogP contribution in [0.1, 0.15) is 25.8 Å². The number of benzene rings is 1. The molecule has 0 fully saturated rings. The quantitative estimate of drug-likeness (QED) is 0.857. The fraction of sp³-hybridized carbons (Fsp3) is 0.462. The van der Waals surface area contributed by atoms with Gasteiger partial charge >= 0.3 is 0 Å². The summed E-state index contributed by atoms with van der Waals surface area (Å²) in [5, 5.41) is 2.74.